The highest BCUT2D eigenvalue weighted by atomic mass is 16.5. The van der Waals surface area contributed by atoms with E-state index in [-0.39, 0.29) is 5.97 Å². The van der Waals surface area contributed by atoms with Crippen LogP contribution in [0.4, 0.5) is 0 Å². The molecule has 12 heavy (non-hydrogen) atoms. The second-order valence-corrected chi connectivity index (χ2v) is 3.65. The van der Waals surface area contributed by atoms with Gasteiger partial charge in [0.2, 0.25) is 0 Å². The molecule has 0 bridgehead atoms. The summed E-state index contributed by atoms with van der Waals surface area (Å²) in [5.74, 6) is -0.149. The molecule has 0 unspecified atom stereocenters. The maximum Gasteiger partial charge on any atom is 0.311 e. The van der Waals surface area contributed by atoms with Crippen molar-refractivity contribution in [3.8, 4) is 0 Å². The molecule has 0 saturated carbocycles. The van der Waals surface area contributed by atoms with Crippen molar-refractivity contribution in [1.29, 1.82) is 0 Å². The first-order valence-corrected chi connectivity index (χ1v) is 4.02. The van der Waals surface area contributed by atoms with Crippen LogP contribution in [0.2, 0.25) is 0 Å². The molecule has 0 radical (unpaired) electrons. The topological polar surface area (TPSA) is 26.3 Å². The van der Waals surface area contributed by atoms with E-state index in [9.17, 15) is 4.79 Å². The van der Waals surface area contributed by atoms with Gasteiger partial charge in [-0.25, -0.2) is 0 Å². The van der Waals surface area contributed by atoms with Crippen LogP contribution in [0.5, 0.6) is 0 Å². The fourth-order valence-electron chi connectivity index (χ4n) is 1.21. The third kappa shape index (κ3) is 1.76. The zero-order valence-electron chi connectivity index (χ0n) is 7.76. The van der Waals surface area contributed by atoms with E-state index in [1.165, 1.54) is 12.7 Å². The SMILES string of the molecule is COC(=O)C(C)(C)CC1=CC=C1. The minimum Gasteiger partial charge on any atom is -0.469 e. The van der Waals surface area contributed by atoms with Gasteiger partial charge in [-0.3, -0.25) is 4.79 Å². The molecule has 0 saturated heterocycles. The van der Waals surface area contributed by atoms with Crippen molar-refractivity contribution in [3.05, 3.63) is 23.8 Å². The van der Waals surface area contributed by atoms with E-state index in [0.29, 0.717) is 0 Å². The molecule has 0 aromatic heterocycles. The fraction of sp³-hybridized carbons (Fsp3) is 0.500. The van der Waals surface area contributed by atoms with Crippen molar-refractivity contribution in [3.63, 3.8) is 0 Å². The molecule has 0 N–H and O–H groups in total. The van der Waals surface area contributed by atoms with E-state index in [4.69, 9.17) is 4.74 Å². The molecule has 0 fully saturated rings. The molecule has 0 heterocycles. The second-order valence-electron chi connectivity index (χ2n) is 3.65. The van der Waals surface area contributed by atoms with Gasteiger partial charge in [0.05, 0.1) is 12.5 Å². The van der Waals surface area contributed by atoms with Crippen molar-refractivity contribution in [2.45, 2.75) is 20.3 Å². The van der Waals surface area contributed by atoms with Crippen molar-refractivity contribution in [2.24, 2.45) is 5.41 Å². The lowest BCUT2D eigenvalue weighted by molar-refractivity contribution is -0.150. The van der Waals surface area contributed by atoms with Gasteiger partial charge < -0.3 is 4.74 Å². The molecular formula is C10H14O2. The summed E-state index contributed by atoms with van der Waals surface area (Å²) in [6, 6.07) is 0. The third-order valence-electron chi connectivity index (χ3n) is 2.00. The minimum atomic E-state index is -0.397. The standard InChI is InChI=1S/C10H14O2/c1-10(2,9(11)12-3)7-8-5-4-6-8/h4-6H,7H2,1-3H3. The molecule has 0 amide bonds. The lowest BCUT2D eigenvalue weighted by atomic mass is 9.83. The molecular weight excluding hydrogens is 152 g/mol. The molecule has 0 aromatic carbocycles. The molecule has 1 aliphatic carbocycles. The smallest absolute Gasteiger partial charge is 0.311 e. The summed E-state index contributed by atoms with van der Waals surface area (Å²) in [4.78, 5) is 11.2. The average Bonchev–Trinajstić information content (AvgIpc) is 1.95. The Balaban J connectivity index is 2.52. The second kappa shape index (κ2) is 3.13. The number of rotatable bonds is 3. The zero-order valence-corrected chi connectivity index (χ0v) is 7.76. The Morgan fingerprint density at radius 2 is 2.17 bits per heavy atom. The van der Waals surface area contributed by atoms with E-state index < -0.39 is 5.41 Å². The van der Waals surface area contributed by atoms with Gasteiger partial charge in [-0.2, -0.15) is 0 Å². The first kappa shape index (κ1) is 9.04. The molecule has 1 rings (SSSR count). The molecule has 0 atom stereocenters. The number of hydrogen-bond acceptors (Lipinski definition) is 2. The number of hydrogen-bond donors (Lipinski definition) is 0. The third-order valence-corrected chi connectivity index (χ3v) is 2.00. The first-order chi connectivity index (χ1) is 5.56. The quantitative estimate of drug-likeness (QED) is 0.600. The normalized spacial score (nSPS) is 15.1. The van der Waals surface area contributed by atoms with Crippen LogP contribution in [-0.4, -0.2) is 13.1 Å². The van der Waals surface area contributed by atoms with Gasteiger partial charge in [0.1, 0.15) is 0 Å². The van der Waals surface area contributed by atoms with E-state index in [1.807, 2.05) is 32.1 Å². The highest BCUT2D eigenvalue weighted by Gasteiger charge is 2.29. The van der Waals surface area contributed by atoms with Crippen LogP contribution in [0.3, 0.4) is 0 Å². The van der Waals surface area contributed by atoms with Gasteiger partial charge in [0.25, 0.3) is 0 Å². The molecule has 2 heteroatoms. The van der Waals surface area contributed by atoms with E-state index in [2.05, 4.69) is 0 Å². The predicted molar refractivity (Wildman–Crippen MR) is 47.6 cm³/mol. The largest absolute Gasteiger partial charge is 0.469 e. The highest BCUT2D eigenvalue weighted by Crippen LogP contribution is 2.29. The average molecular weight is 166 g/mol. The maximum atomic E-state index is 11.2. The molecule has 0 spiro atoms. The van der Waals surface area contributed by atoms with Crippen LogP contribution >= 0.6 is 0 Å². The Labute approximate surface area is 72.9 Å². The highest BCUT2D eigenvalue weighted by molar-refractivity contribution is 5.76. The predicted octanol–water partition coefficient (Wildman–Crippen LogP) is 2.07. The van der Waals surface area contributed by atoms with Crippen LogP contribution in [-0.2, 0) is 9.53 Å². The fourth-order valence-corrected chi connectivity index (χ4v) is 1.21. The summed E-state index contributed by atoms with van der Waals surface area (Å²) in [5, 5.41) is 0. The molecule has 0 aliphatic heterocycles. The Kier molecular flexibility index (Phi) is 2.36. The van der Waals surface area contributed by atoms with E-state index in [1.54, 1.807) is 0 Å². The summed E-state index contributed by atoms with van der Waals surface area (Å²) in [5.41, 5.74) is 0.816. The van der Waals surface area contributed by atoms with Gasteiger partial charge >= 0.3 is 5.97 Å². The van der Waals surface area contributed by atoms with Gasteiger partial charge in [-0.15, -0.1) is 0 Å². The maximum absolute atomic E-state index is 11.2. The first-order valence-electron chi connectivity index (χ1n) is 4.02. The summed E-state index contributed by atoms with van der Waals surface area (Å²) in [6.45, 7) is 3.79. The summed E-state index contributed by atoms with van der Waals surface area (Å²) in [7, 11) is 1.43. The number of methoxy groups -OCH3 is 1. The van der Waals surface area contributed by atoms with Crippen LogP contribution in [0.1, 0.15) is 20.3 Å². The van der Waals surface area contributed by atoms with Crippen LogP contribution in [0.15, 0.2) is 23.8 Å². The number of carbonyl (C=O) groups is 1. The van der Waals surface area contributed by atoms with Gasteiger partial charge in [-0.1, -0.05) is 18.2 Å². The number of ether oxygens (including phenoxy) is 1. The Hall–Kier alpha value is -1.05. The van der Waals surface area contributed by atoms with Crippen molar-refractivity contribution < 1.29 is 9.53 Å². The molecule has 1 aliphatic rings. The monoisotopic (exact) mass is 166 g/mol. The van der Waals surface area contributed by atoms with Crippen LogP contribution in [0.25, 0.3) is 0 Å². The number of esters is 1. The molecule has 66 valence electrons. The zero-order chi connectivity index (χ0) is 9.19. The van der Waals surface area contributed by atoms with Crippen LogP contribution < -0.4 is 0 Å². The lowest BCUT2D eigenvalue weighted by Gasteiger charge is -2.23. The number of carbonyl (C=O) groups excluding carboxylic acids is 1. The van der Waals surface area contributed by atoms with Gasteiger partial charge in [0.15, 0.2) is 0 Å². The minimum absolute atomic E-state index is 0.149. The Bertz CT molecular complexity index is 247. The molecule has 0 aromatic rings. The van der Waals surface area contributed by atoms with Gasteiger partial charge in [-0.05, 0) is 25.8 Å². The van der Waals surface area contributed by atoms with E-state index >= 15 is 0 Å². The van der Waals surface area contributed by atoms with Crippen molar-refractivity contribution in [2.75, 3.05) is 7.11 Å². The molecule has 2 nitrogen and oxygen atoms in total. The van der Waals surface area contributed by atoms with Crippen molar-refractivity contribution >= 4 is 5.97 Å². The van der Waals surface area contributed by atoms with Crippen molar-refractivity contribution in [1.82, 2.24) is 0 Å². The van der Waals surface area contributed by atoms with E-state index in [0.717, 1.165) is 6.42 Å². The Morgan fingerprint density at radius 3 is 2.50 bits per heavy atom. The summed E-state index contributed by atoms with van der Waals surface area (Å²) in [6.07, 6.45) is 6.77. The number of allylic oxidation sites excluding steroid dienone is 4. The Morgan fingerprint density at radius 1 is 1.58 bits per heavy atom. The summed E-state index contributed by atoms with van der Waals surface area (Å²) < 4.78 is 4.69. The van der Waals surface area contributed by atoms with Crippen LogP contribution in [0, 0.1) is 5.41 Å². The lowest BCUT2D eigenvalue weighted by Crippen LogP contribution is -2.26. The van der Waals surface area contributed by atoms with Gasteiger partial charge in [0, 0.05) is 0 Å². The summed E-state index contributed by atoms with van der Waals surface area (Å²) >= 11 is 0.